The first kappa shape index (κ1) is 20.5. The van der Waals surface area contributed by atoms with Crippen molar-refractivity contribution in [2.45, 2.75) is 24.3 Å². The maximum absolute atomic E-state index is 13.8. The summed E-state index contributed by atoms with van der Waals surface area (Å²) in [6, 6.07) is 20.5. The van der Waals surface area contributed by atoms with Crippen molar-refractivity contribution in [1.82, 2.24) is 5.32 Å². The van der Waals surface area contributed by atoms with Gasteiger partial charge in [-0.25, -0.2) is 12.8 Å². The van der Waals surface area contributed by atoms with Crippen LogP contribution in [0.1, 0.15) is 35.3 Å². The van der Waals surface area contributed by atoms with Gasteiger partial charge in [-0.1, -0.05) is 55.5 Å². The summed E-state index contributed by atoms with van der Waals surface area (Å²) >= 11 is 0. The first-order valence-corrected chi connectivity index (χ1v) is 10.6. The molecule has 3 aromatic rings. The number of hydrogen-bond acceptors (Lipinski definition) is 3. The molecule has 1 atom stereocenters. The second-order valence-electron chi connectivity index (χ2n) is 6.46. The lowest BCUT2D eigenvalue weighted by atomic mass is 10.0. The number of nitrogens with one attached hydrogen (secondary N) is 2. The number of sulfonamides is 1. The molecule has 0 aliphatic carbocycles. The molecule has 29 heavy (non-hydrogen) atoms. The Morgan fingerprint density at radius 3 is 2.34 bits per heavy atom. The molecule has 2 N–H and O–H groups in total. The Morgan fingerprint density at radius 2 is 1.66 bits per heavy atom. The van der Waals surface area contributed by atoms with E-state index in [1.54, 1.807) is 0 Å². The second-order valence-corrected chi connectivity index (χ2v) is 8.14. The molecule has 0 saturated heterocycles. The molecule has 0 aliphatic heterocycles. The summed E-state index contributed by atoms with van der Waals surface area (Å²) in [4.78, 5) is 12.6. The monoisotopic (exact) mass is 412 g/mol. The molecule has 7 heteroatoms. The lowest BCUT2D eigenvalue weighted by Crippen LogP contribution is -2.28. The average Bonchev–Trinajstić information content (AvgIpc) is 2.74. The van der Waals surface area contributed by atoms with Gasteiger partial charge < -0.3 is 5.32 Å². The third-order valence-electron chi connectivity index (χ3n) is 4.44. The van der Waals surface area contributed by atoms with Crippen LogP contribution in [0, 0.1) is 5.82 Å². The summed E-state index contributed by atoms with van der Waals surface area (Å²) in [6.45, 7) is 1.96. The van der Waals surface area contributed by atoms with Crippen molar-refractivity contribution >= 4 is 21.6 Å². The van der Waals surface area contributed by atoms with Crippen LogP contribution < -0.4 is 10.0 Å². The van der Waals surface area contributed by atoms with Gasteiger partial charge in [0.15, 0.2) is 0 Å². The molecule has 1 amide bonds. The molecular weight excluding hydrogens is 391 g/mol. The summed E-state index contributed by atoms with van der Waals surface area (Å²) in [5.74, 6) is -1.07. The Kier molecular flexibility index (Phi) is 6.29. The Bertz CT molecular complexity index is 1100. The van der Waals surface area contributed by atoms with Gasteiger partial charge in [0, 0.05) is 5.56 Å². The van der Waals surface area contributed by atoms with Crippen molar-refractivity contribution in [3.63, 3.8) is 0 Å². The largest absolute Gasteiger partial charge is 0.345 e. The van der Waals surface area contributed by atoms with Crippen molar-refractivity contribution < 1.29 is 17.6 Å². The van der Waals surface area contributed by atoms with E-state index in [-0.39, 0.29) is 28.1 Å². The summed E-state index contributed by atoms with van der Waals surface area (Å²) in [5.41, 5.74) is 1.02. The Balaban J connectivity index is 1.81. The van der Waals surface area contributed by atoms with Gasteiger partial charge in [0.2, 0.25) is 0 Å². The van der Waals surface area contributed by atoms with Crippen molar-refractivity contribution in [1.29, 1.82) is 0 Å². The smallest absolute Gasteiger partial charge is 0.262 e. The number of para-hydroxylation sites is 1. The van der Waals surface area contributed by atoms with Gasteiger partial charge in [-0.3, -0.25) is 9.52 Å². The van der Waals surface area contributed by atoms with Crippen LogP contribution in [0.4, 0.5) is 10.1 Å². The zero-order valence-electron chi connectivity index (χ0n) is 15.8. The number of rotatable bonds is 7. The van der Waals surface area contributed by atoms with Crippen LogP contribution in [0.5, 0.6) is 0 Å². The molecule has 0 saturated carbocycles. The van der Waals surface area contributed by atoms with E-state index >= 15 is 0 Å². The average molecular weight is 412 g/mol. The first-order chi connectivity index (χ1) is 13.9. The second kappa shape index (κ2) is 8.87. The minimum absolute atomic E-state index is 0.124. The lowest BCUT2D eigenvalue weighted by molar-refractivity contribution is 0.0935. The highest BCUT2D eigenvalue weighted by molar-refractivity contribution is 7.92. The predicted octanol–water partition coefficient (Wildman–Crippen LogP) is 4.51. The molecule has 0 heterocycles. The molecule has 0 aliphatic rings. The van der Waals surface area contributed by atoms with Gasteiger partial charge in [-0.15, -0.1) is 0 Å². The van der Waals surface area contributed by atoms with Gasteiger partial charge in [0.1, 0.15) is 5.82 Å². The highest BCUT2D eigenvalue weighted by Gasteiger charge is 2.19. The van der Waals surface area contributed by atoms with Gasteiger partial charge in [0.05, 0.1) is 16.6 Å². The number of anilines is 1. The standard InChI is InChI=1S/C22H21FN2O3S/c1-2-20(16-9-4-3-5-10-16)24-22(26)17-11-8-12-18(15-17)29(27,28)25-21-14-7-6-13-19(21)23/h3-15,20,25H,2H2,1H3,(H,24,26). The van der Waals surface area contributed by atoms with Crippen LogP contribution in [-0.4, -0.2) is 14.3 Å². The van der Waals surface area contributed by atoms with E-state index in [4.69, 9.17) is 0 Å². The molecule has 0 spiro atoms. The fraction of sp³-hybridized carbons (Fsp3) is 0.136. The first-order valence-electron chi connectivity index (χ1n) is 9.14. The summed E-state index contributed by atoms with van der Waals surface area (Å²) in [7, 11) is -4.05. The topological polar surface area (TPSA) is 75.3 Å². The van der Waals surface area contributed by atoms with Crippen molar-refractivity contribution in [3.05, 3.63) is 95.8 Å². The molecule has 3 rings (SSSR count). The molecule has 0 aromatic heterocycles. The van der Waals surface area contributed by atoms with Crippen LogP contribution in [0.3, 0.4) is 0 Å². The maximum atomic E-state index is 13.8. The zero-order valence-corrected chi connectivity index (χ0v) is 16.6. The molecule has 1 unspecified atom stereocenters. The molecular formula is C22H21FN2O3S. The van der Waals surface area contributed by atoms with Crippen molar-refractivity contribution in [2.24, 2.45) is 0 Å². The highest BCUT2D eigenvalue weighted by atomic mass is 32.2. The van der Waals surface area contributed by atoms with Gasteiger partial charge in [-0.05, 0) is 42.3 Å². The molecule has 150 valence electrons. The van der Waals surface area contributed by atoms with Crippen molar-refractivity contribution in [3.8, 4) is 0 Å². The zero-order chi connectivity index (χ0) is 20.9. The third-order valence-corrected chi connectivity index (χ3v) is 5.80. The van der Waals surface area contributed by atoms with E-state index in [0.29, 0.717) is 6.42 Å². The molecule has 5 nitrogen and oxygen atoms in total. The molecule has 0 radical (unpaired) electrons. The predicted molar refractivity (Wildman–Crippen MR) is 111 cm³/mol. The fourth-order valence-electron chi connectivity index (χ4n) is 2.90. The number of amides is 1. The number of halogens is 1. The van der Waals surface area contributed by atoms with E-state index in [9.17, 15) is 17.6 Å². The highest BCUT2D eigenvalue weighted by Crippen LogP contribution is 2.21. The van der Waals surface area contributed by atoms with Crippen LogP contribution >= 0.6 is 0 Å². The SMILES string of the molecule is CCC(NC(=O)c1cccc(S(=O)(=O)Nc2ccccc2F)c1)c1ccccc1. The van der Waals surface area contributed by atoms with Crippen molar-refractivity contribution in [2.75, 3.05) is 4.72 Å². The van der Waals surface area contributed by atoms with Crippen LogP contribution in [0.15, 0.2) is 83.8 Å². The van der Waals surface area contributed by atoms with Crippen LogP contribution in [0.25, 0.3) is 0 Å². The minimum Gasteiger partial charge on any atom is -0.345 e. The number of carbonyl (C=O) groups excluding carboxylic acids is 1. The summed E-state index contributed by atoms with van der Waals surface area (Å²) in [6.07, 6.45) is 0.683. The third kappa shape index (κ3) is 5.00. The van der Waals surface area contributed by atoms with E-state index in [1.807, 2.05) is 37.3 Å². The molecule has 0 bridgehead atoms. The van der Waals surface area contributed by atoms with E-state index in [1.165, 1.54) is 42.5 Å². The number of hydrogen-bond donors (Lipinski definition) is 2. The van der Waals surface area contributed by atoms with E-state index < -0.39 is 15.8 Å². The summed E-state index contributed by atoms with van der Waals surface area (Å²) < 4.78 is 41.2. The number of carbonyl (C=O) groups is 1. The molecule has 0 fully saturated rings. The van der Waals surface area contributed by atoms with E-state index in [2.05, 4.69) is 10.0 Å². The Labute approximate surface area is 169 Å². The van der Waals surface area contributed by atoms with Crippen LogP contribution in [0.2, 0.25) is 0 Å². The quantitative estimate of drug-likeness (QED) is 0.600. The Hall–Kier alpha value is -3.19. The van der Waals surface area contributed by atoms with Gasteiger partial charge in [-0.2, -0.15) is 0 Å². The fourth-order valence-corrected chi connectivity index (χ4v) is 4.01. The Morgan fingerprint density at radius 1 is 0.966 bits per heavy atom. The van der Waals surface area contributed by atoms with E-state index in [0.717, 1.165) is 11.6 Å². The normalized spacial score (nSPS) is 12.2. The number of benzene rings is 3. The minimum atomic E-state index is -4.05. The van der Waals surface area contributed by atoms with Gasteiger partial charge in [0.25, 0.3) is 15.9 Å². The van der Waals surface area contributed by atoms with Gasteiger partial charge >= 0.3 is 0 Å². The van der Waals surface area contributed by atoms with Crippen LogP contribution in [-0.2, 0) is 10.0 Å². The lowest BCUT2D eigenvalue weighted by Gasteiger charge is -2.18. The molecule has 3 aromatic carbocycles. The maximum Gasteiger partial charge on any atom is 0.262 e. The summed E-state index contributed by atoms with van der Waals surface area (Å²) in [5, 5.41) is 2.92.